The van der Waals surface area contributed by atoms with Gasteiger partial charge in [-0.15, -0.1) is 12.1 Å². The Balaban J connectivity index is 0.00000128. The zero-order valence-electron chi connectivity index (χ0n) is 9.86. The number of hydrogen-bond acceptors (Lipinski definition) is 3. The molecule has 82 valence electrons. The van der Waals surface area contributed by atoms with Crippen LogP contribution in [0, 0.1) is 6.07 Å². The van der Waals surface area contributed by atoms with E-state index < -0.39 is 0 Å². The molecule has 0 amide bonds. The molecule has 1 aliphatic heterocycles. The standard InChI is InChI=1S/C12H15O3.Li/c1-13-10-5-4-6-11(9-10)15-12-7-2-3-8-14-12;/h4-6,12H,2-3,7-8H2,1H3;/q-1;+1. The molecule has 1 aliphatic rings. The van der Waals surface area contributed by atoms with Crippen molar-refractivity contribution in [3.8, 4) is 11.5 Å². The molecule has 0 radical (unpaired) electrons. The molecule has 1 aromatic rings. The van der Waals surface area contributed by atoms with Crippen LogP contribution in [0.3, 0.4) is 0 Å². The number of methoxy groups -OCH3 is 1. The molecule has 1 unspecified atom stereocenters. The summed E-state index contributed by atoms with van der Waals surface area (Å²) in [6.45, 7) is 0.786. The molecular formula is C12H15LiO3. The predicted molar refractivity (Wildman–Crippen MR) is 56.0 cm³/mol. The van der Waals surface area contributed by atoms with E-state index in [9.17, 15) is 0 Å². The van der Waals surface area contributed by atoms with Gasteiger partial charge in [0.15, 0.2) is 6.29 Å². The molecule has 16 heavy (non-hydrogen) atoms. The Morgan fingerprint density at radius 3 is 2.81 bits per heavy atom. The van der Waals surface area contributed by atoms with Gasteiger partial charge in [0, 0.05) is 17.9 Å². The SMILES string of the molecule is COc1[c-]c(OC2CCCCO2)ccc1.[Li+]. The van der Waals surface area contributed by atoms with Crippen LogP contribution < -0.4 is 28.3 Å². The van der Waals surface area contributed by atoms with E-state index in [1.807, 2.05) is 18.2 Å². The second kappa shape index (κ2) is 6.85. The second-order valence-electron chi connectivity index (χ2n) is 3.50. The number of benzene rings is 1. The Bertz CT molecular complexity index is 311. The minimum Gasteiger partial charge on any atom is -0.522 e. The van der Waals surface area contributed by atoms with E-state index in [0.29, 0.717) is 11.5 Å². The van der Waals surface area contributed by atoms with E-state index in [2.05, 4.69) is 6.07 Å². The first-order valence-corrected chi connectivity index (χ1v) is 5.23. The van der Waals surface area contributed by atoms with Gasteiger partial charge >= 0.3 is 18.9 Å². The Labute approximate surface area is 108 Å². The van der Waals surface area contributed by atoms with Crippen LogP contribution in [0.2, 0.25) is 0 Å². The third-order valence-corrected chi connectivity index (χ3v) is 2.36. The Kier molecular flexibility index (Phi) is 5.76. The molecule has 2 rings (SSSR count). The first-order valence-electron chi connectivity index (χ1n) is 5.23. The fraction of sp³-hybridized carbons (Fsp3) is 0.500. The third kappa shape index (κ3) is 3.75. The van der Waals surface area contributed by atoms with Crippen molar-refractivity contribution in [2.24, 2.45) is 0 Å². The van der Waals surface area contributed by atoms with Gasteiger partial charge in [-0.2, -0.15) is 6.07 Å². The molecule has 0 N–H and O–H groups in total. The van der Waals surface area contributed by atoms with Crippen molar-refractivity contribution in [1.29, 1.82) is 0 Å². The molecule has 0 bridgehead atoms. The Morgan fingerprint density at radius 1 is 1.31 bits per heavy atom. The quantitative estimate of drug-likeness (QED) is 0.497. The van der Waals surface area contributed by atoms with E-state index in [0.717, 1.165) is 25.9 Å². The summed E-state index contributed by atoms with van der Waals surface area (Å²) < 4.78 is 16.2. The van der Waals surface area contributed by atoms with E-state index in [1.165, 1.54) is 0 Å². The van der Waals surface area contributed by atoms with Gasteiger partial charge in [0.05, 0.1) is 13.7 Å². The normalized spacial score (nSPS) is 19.7. The van der Waals surface area contributed by atoms with Gasteiger partial charge in [0.25, 0.3) is 0 Å². The summed E-state index contributed by atoms with van der Waals surface area (Å²) in [6, 6.07) is 8.60. The van der Waals surface area contributed by atoms with Gasteiger partial charge in [-0.25, -0.2) is 0 Å². The fourth-order valence-corrected chi connectivity index (χ4v) is 1.56. The van der Waals surface area contributed by atoms with Crippen LogP contribution in [0.25, 0.3) is 0 Å². The third-order valence-electron chi connectivity index (χ3n) is 2.36. The van der Waals surface area contributed by atoms with Crippen LogP contribution in [0.4, 0.5) is 0 Å². The van der Waals surface area contributed by atoms with Gasteiger partial charge < -0.3 is 14.2 Å². The molecule has 3 nitrogen and oxygen atoms in total. The number of rotatable bonds is 3. The van der Waals surface area contributed by atoms with Gasteiger partial charge in [0.2, 0.25) is 0 Å². The predicted octanol–water partition coefficient (Wildman–Crippen LogP) is -0.595. The molecule has 1 fully saturated rings. The maximum Gasteiger partial charge on any atom is 1.00 e. The molecule has 1 aromatic carbocycles. The first kappa shape index (κ1) is 13.4. The molecule has 1 atom stereocenters. The minimum absolute atomic E-state index is 0. The van der Waals surface area contributed by atoms with Gasteiger partial charge in [-0.3, -0.25) is 0 Å². The van der Waals surface area contributed by atoms with Crippen molar-refractivity contribution < 1.29 is 33.1 Å². The van der Waals surface area contributed by atoms with E-state index >= 15 is 0 Å². The molecule has 1 heterocycles. The van der Waals surface area contributed by atoms with Crippen LogP contribution in [0.15, 0.2) is 18.2 Å². The van der Waals surface area contributed by atoms with Crippen LogP contribution in [0.5, 0.6) is 11.5 Å². The van der Waals surface area contributed by atoms with Crippen molar-refractivity contribution in [2.45, 2.75) is 25.6 Å². The van der Waals surface area contributed by atoms with Crippen molar-refractivity contribution in [2.75, 3.05) is 13.7 Å². The minimum atomic E-state index is -0.123. The Hall–Kier alpha value is -0.623. The topological polar surface area (TPSA) is 27.7 Å². The van der Waals surface area contributed by atoms with Crippen molar-refractivity contribution >= 4 is 0 Å². The zero-order valence-corrected chi connectivity index (χ0v) is 9.86. The van der Waals surface area contributed by atoms with Crippen LogP contribution in [-0.4, -0.2) is 20.0 Å². The first-order chi connectivity index (χ1) is 7.38. The molecule has 0 aliphatic carbocycles. The summed E-state index contributed by atoms with van der Waals surface area (Å²) in [7, 11) is 1.62. The van der Waals surface area contributed by atoms with Gasteiger partial charge in [-0.05, 0) is 12.8 Å². The van der Waals surface area contributed by atoms with E-state index in [1.54, 1.807) is 7.11 Å². The molecule has 0 spiro atoms. The molecular weight excluding hydrogens is 199 g/mol. The van der Waals surface area contributed by atoms with Crippen LogP contribution in [0.1, 0.15) is 19.3 Å². The summed E-state index contributed by atoms with van der Waals surface area (Å²) in [5, 5.41) is 0. The molecule has 1 saturated heterocycles. The number of ether oxygens (including phenoxy) is 3. The summed E-state index contributed by atoms with van der Waals surface area (Å²) in [5.74, 6) is 1.37. The fourth-order valence-electron chi connectivity index (χ4n) is 1.56. The largest absolute Gasteiger partial charge is 1.00 e. The Morgan fingerprint density at radius 2 is 2.12 bits per heavy atom. The van der Waals surface area contributed by atoms with Gasteiger partial charge in [0.1, 0.15) is 0 Å². The van der Waals surface area contributed by atoms with E-state index in [4.69, 9.17) is 14.2 Å². The maximum atomic E-state index is 5.64. The summed E-state index contributed by atoms with van der Waals surface area (Å²) in [5.41, 5.74) is 0. The van der Waals surface area contributed by atoms with Crippen LogP contribution in [-0.2, 0) is 4.74 Å². The van der Waals surface area contributed by atoms with Crippen molar-refractivity contribution in [3.05, 3.63) is 24.3 Å². The molecule has 0 saturated carbocycles. The monoisotopic (exact) mass is 214 g/mol. The van der Waals surface area contributed by atoms with Crippen molar-refractivity contribution in [3.63, 3.8) is 0 Å². The van der Waals surface area contributed by atoms with Crippen LogP contribution >= 0.6 is 0 Å². The summed E-state index contributed by atoms with van der Waals surface area (Å²) in [6.07, 6.45) is 3.11. The maximum absolute atomic E-state index is 5.64. The summed E-state index contributed by atoms with van der Waals surface area (Å²) >= 11 is 0. The molecule has 0 aromatic heterocycles. The van der Waals surface area contributed by atoms with Gasteiger partial charge in [-0.1, -0.05) is 6.07 Å². The number of hydrogen-bond donors (Lipinski definition) is 0. The average molecular weight is 214 g/mol. The average Bonchev–Trinajstić information content (AvgIpc) is 2.31. The zero-order chi connectivity index (χ0) is 10.5. The summed E-state index contributed by atoms with van der Waals surface area (Å²) in [4.78, 5) is 0. The smallest absolute Gasteiger partial charge is 0.522 e. The second-order valence-corrected chi connectivity index (χ2v) is 3.50. The van der Waals surface area contributed by atoms with E-state index in [-0.39, 0.29) is 25.2 Å². The van der Waals surface area contributed by atoms with Crippen molar-refractivity contribution in [1.82, 2.24) is 0 Å². The molecule has 4 heteroatoms.